The second-order valence-corrected chi connectivity index (χ2v) is 10.3. The lowest BCUT2D eigenvalue weighted by Crippen LogP contribution is -2.42. The number of nitrogens with zero attached hydrogens (tertiary/aromatic N) is 2. The number of hydrogen-bond acceptors (Lipinski definition) is 8. The van der Waals surface area contributed by atoms with Crippen molar-refractivity contribution in [2.24, 2.45) is 0 Å². The predicted molar refractivity (Wildman–Crippen MR) is 169 cm³/mol. The standard InChI is InChI=1S/C18H15NO4.C15H18N4O3/c1-11(2)18(22)23-10-9-19-16(20)13-7-3-5-12-6-4-8-14(15(12)13)17(19)21;1-9(2)13(20)22-7-6-16-15(21)19-14-17-11-5-4-10(3)8-12(11)18-14/h3-8H,1,9-10H2,2H3;4-5,8H,1,6-7H2,2-3H3,(H3,16,17,18,19,21). The van der Waals surface area contributed by atoms with Crippen molar-refractivity contribution in [3.8, 4) is 0 Å². The number of benzene rings is 3. The zero-order valence-corrected chi connectivity index (χ0v) is 25.2. The normalized spacial score (nSPS) is 11.8. The fraction of sp³-hybridized carbons (Fsp3) is 0.212. The Labute approximate surface area is 259 Å². The van der Waals surface area contributed by atoms with Crippen LogP contribution in [0.5, 0.6) is 0 Å². The van der Waals surface area contributed by atoms with Crippen molar-refractivity contribution >= 4 is 57.5 Å². The number of ether oxygens (including phenoxy) is 2. The molecule has 2 heterocycles. The van der Waals surface area contributed by atoms with Gasteiger partial charge in [0.2, 0.25) is 5.95 Å². The van der Waals surface area contributed by atoms with E-state index in [0.29, 0.717) is 28.0 Å². The molecule has 45 heavy (non-hydrogen) atoms. The largest absolute Gasteiger partial charge is 0.460 e. The van der Waals surface area contributed by atoms with Gasteiger partial charge in [-0.05, 0) is 56.0 Å². The van der Waals surface area contributed by atoms with Gasteiger partial charge in [-0.25, -0.2) is 19.4 Å². The van der Waals surface area contributed by atoms with Crippen LogP contribution in [0.4, 0.5) is 10.7 Å². The second-order valence-electron chi connectivity index (χ2n) is 10.3. The predicted octanol–water partition coefficient (Wildman–Crippen LogP) is 4.67. The molecule has 0 saturated carbocycles. The molecule has 5 rings (SSSR count). The molecule has 0 unspecified atom stereocenters. The highest BCUT2D eigenvalue weighted by molar-refractivity contribution is 6.25. The van der Waals surface area contributed by atoms with E-state index in [1.54, 1.807) is 31.2 Å². The van der Waals surface area contributed by atoms with Crippen molar-refractivity contribution < 1.29 is 33.4 Å². The Morgan fingerprint density at radius 1 is 0.889 bits per heavy atom. The van der Waals surface area contributed by atoms with E-state index in [4.69, 9.17) is 9.47 Å². The lowest BCUT2D eigenvalue weighted by atomic mass is 9.94. The third-order valence-electron chi connectivity index (χ3n) is 6.59. The molecule has 0 fully saturated rings. The highest BCUT2D eigenvalue weighted by atomic mass is 16.5. The summed E-state index contributed by atoms with van der Waals surface area (Å²) in [5, 5.41) is 6.69. The SMILES string of the molecule is C=C(C)C(=O)OCCN1C(=O)c2cccc3cccc(c23)C1=O.C=C(C)C(=O)OCCNC(=O)Nc1nc2ccc(C)cc2[nH]1. The van der Waals surface area contributed by atoms with Crippen LogP contribution in [0.1, 0.15) is 40.1 Å². The number of fused-ring (bicyclic) bond motifs is 1. The molecular formula is C33H33N5O7. The molecule has 0 aliphatic carbocycles. The molecule has 4 amide bonds. The fourth-order valence-electron chi connectivity index (χ4n) is 4.40. The van der Waals surface area contributed by atoms with Gasteiger partial charge in [0.05, 0.1) is 24.1 Å². The number of imide groups is 1. The molecule has 1 aromatic heterocycles. The van der Waals surface area contributed by atoms with Gasteiger partial charge >= 0.3 is 18.0 Å². The van der Waals surface area contributed by atoms with Gasteiger partial charge in [0.15, 0.2) is 0 Å². The Hall–Kier alpha value is -5.78. The average molecular weight is 612 g/mol. The van der Waals surface area contributed by atoms with Crippen molar-refractivity contribution in [3.63, 3.8) is 0 Å². The van der Waals surface area contributed by atoms with Gasteiger partial charge in [-0.2, -0.15) is 0 Å². The van der Waals surface area contributed by atoms with E-state index in [1.807, 2.05) is 37.3 Å². The number of hydrogen-bond donors (Lipinski definition) is 3. The maximum atomic E-state index is 12.6. The molecule has 1 aliphatic heterocycles. The number of rotatable bonds is 9. The Kier molecular flexibility index (Phi) is 10.1. The van der Waals surface area contributed by atoms with E-state index < -0.39 is 18.0 Å². The van der Waals surface area contributed by atoms with E-state index >= 15 is 0 Å². The molecule has 0 saturated heterocycles. The quantitative estimate of drug-likeness (QED) is 0.107. The molecule has 0 radical (unpaired) electrons. The Morgan fingerprint density at radius 2 is 1.49 bits per heavy atom. The van der Waals surface area contributed by atoms with Gasteiger partial charge < -0.3 is 19.8 Å². The lowest BCUT2D eigenvalue weighted by molar-refractivity contribution is -0.139. The number of anilines is 1. The number of H-pyrrole nitrogens is 1. The summed E-state index contributed by atoms with van der Waals surface area (Å²) in [4.78, 5) is 67.7. The van der Waals surface area contributed by atoms with Crippen molar-refractivity contribution in [1.29, 1.82) is 0 Å². The van der Waals surface area contributed by atoms with Crippen LogP contribution in [-0.4, -0.2) is 71.0 Å². The molecule has 1 aliphatic rings. The average Bonchev–Trinajstić information content (AvgIpc) is 3.40. The Balaban J connectivity index is 0.000000205. The first-order valence-corrected chi connectivity index (χ1v) is 14.0. The number of aromatic amines is 1. The first kappa shape index (κ1) is 32.1. The number of carbonyl (C=O) groups is 5. The molecule has 3 N–H and O–H groups in total. The fourth-order valence-corrected chi connectivity index (χ4v) is 4.40. The van der Waals surface area contributed by atoms with Gasteiger partial charge in [0, 0.05) is 27.7 Å². The van der Waals surface area contributed by atoms with Crippen molar-refractivity contribution in [1.82, 2.24) is 20.2 Å². The third-order valence-corrected chi connectivity index (χ3v) is 6.59. The van der Waals surface area contributed by atoms with Crippen molar-refractivity contribution in [2.75, 3.05) is 31.6 Å². The minimum absolute atomic E-state index is 0.0153. The maximum Gasteiger partial charge on any atom is 0.333 e. The van der Waals surface area contributed by atoms with Crippen LogP contribution in [0, 0.1) is 6.92 Å². The van der Waals surface area contributed by atoms with Crippen LogP contribution >= 0.6 is 0 Å². The first-order chi connectivity index (χ1) is 21.5. The molecule has 12 heteroatoms. The van der Waals surface area contributed by atoms with Crippen LogP contribution in [0.2, 0.25) is 0 Å². The van der Waals surface area contributed by atoms with Gasteiger partial charge in [-0.1, -0.05) is 43.5 Å². The smallest absolute Gasteiger partial charge is 0.333 e. The third kappa shape index (κ3) is 7.79. The number of aryl methyl sites for hydroxylation is 1. The number of carbonyl (C=O) groups excluding carboxylic acids is 5. The van der Waals surface area contributed by atoms with Crippen LogP contribution in [0.25, 0.3) is 21.8 Å². The van der Waals surface area contributed by atoms with E-state index in [-0.39, 0.29) is 43.7 Å². The summed E-state index contributed by atoms with van der Waals surface area (Å²) < 4.78 is 9.84. The van der Waals surface area contributed by atoms with Crippen LogP contribution < -0.4 is 10.6 Å². The van der Waals surface area contributed by atoms with Crippen molar-refractivity contribution in [2.45, 2.75) is 20.8 Å². The molecule has 232 valence electrons. The molecular weight excluding hydrogens is 578 g/mol. The number of nitrogens with one attached hydrogen (secondary N) is 3. The molecule has 0 atom stereocenters. The number of amides is 4. The van der Waals surface area contributed by atoms with Crippen LogP contribution in [0.15, 0.2) is 78.9 Å². The number of aromatic nitrogens is 2. The lowest BCUT2D eigenvalue weighted by Gasteiger charge is -2.26. The molecule has 12 nitrogen and oxygen atoms in total. The minimum atomic E-state index is -0.538. The summed E-state index contributed by atoms with van der Waals surface area (Å²) in [6.45, 7) is 12.3. The molecule has 0 bridgehead atoms. The topological polar surface area (TPSA) is 160 Å². The van der Waals surface area contributed by atoms with E-state index in [0.717, 1.165) is 26.9 Å². The zero-order valence-electron chi connectivity index (χ0n) is 25.2. The minimum Gasteiger partial charge on any atom is -0.460 e. The Morgan fingerprint density at radius 3 is 2.09 bits per heavy atom. The molecule has 3 aromatic carbocycles. The first-order valence-electron chi connectivity index (χ1n) is 14.0. The molecule has 0 spiro atoms. The number of urea groups is 1. The van der Waals surface area contributed by atoms with Gasteiger partial charge in [-0.15, -0.1) is 0 Å². The molecule has 4 aromatic rings. The van der Waals surface area contributed by atoms with E-state index in [1.165, 1.54) is 6.92 Å². The van der Waals surface area contributed by atoms with E-state index in [2.05, 4.69) is 33.8 Å². The van der Waals surface area contributed by atoms with Gasteiger partial charge in [0.25, 0.3) is 11.8 Å². The summed E-state index contributed by atoms with van der Waals surface area (Å²) in [6, 6.07) is 16.1. The number of esters is 2. The zero-order chi connectivity index (χ0) is 32.7. The highest BCUT2D eigenvalue weighted by Crippen LogP contribution is 2.29. The van der Waals surface area contributed by atoms with Crippen molar-refractivity contribution in [3.05, 3.63) is 95.6 Å². The monoisotopic (exact) mass is 611 g/mol. The van der Waals surface area contributed by atoms with Gasteiger partial charge in [0.1, 0.15) is 13.2 Å². The second kappa shape index (κ2) is 14.1. The summed E-state index contributed by atoms with van der Waals surface area (Å²) in [5.41, 5.74) is 4.31. The summed E-state index contributed by atoms with van der Waals surface area (Å²) in [7, 11) is 0. The van der Waals surface area contributed by atoms with E-state index in [9.17, 15) is 24.0 Å². The van der Waals surface area contributed by atoms with Gasteiger partial charge in [-0.3, -0.25) is 19.8 Å². The van der Waals surface area contributed by atoms with Crippen LogP contribution in [0.3, 0.4) is 0 Å². The Bertz CT molecular complexity index is 1790. The summed E-state index contributed by atoms with van der Waals surface area (Å²) >= 11 is 0. The van der Waals surface area contributed by atoms with Crippen LogP contribution in [-0.2, 0) is 19.1 Å². The number of imidazole rings is 1. The highest BCUT2D eigenvalue weighted by Gasteiger charge is 2.32. The summed E-state index contributed by atoms with van der Waals surface area (Å²) in [5.74, 6) is -1.40. The summed E-state index contributed by atoms with van der Waals surface area (Å²) in [6.07, 6.45) is 0. The maximum absolute atomic E-state index is 12.6.